The molecule has 4 heteroatoms. The third-order valence-electron chi connectivity index (χ3n) is 4.91. The molecule has 0 saturated heterocycles. The van der Waals surface area contributed by atoms with Crippen LogP contribution in [0.1, 0.15) is 35.1 Å². The second-order valence-electron chi connectivity index (χ2n) is 6.46. The Kier molecular flexibility index (Phi) is 3.42. The molecule has 1 saturated carbocycles. The van der Waals surface area contributed by atoms with Gasteiger partial charge in [0, 0.05) is 12.3 Å². The number of fused-ring (bicyclic) bond motifs is 1. The van der Waals surface area contributed by atoms with Gasteiger partial charge in [0.1, 0.15) is 5.82 Å². The van der Waals surface area contributed by atoms with Crippen molar-refractivity contribution >= 4 is 5.91 Å². The Morgan fingerprint density at radius 3 is 2.83 bits per heavy atom. The molecule has 1 amide bonds. The van der Waals surface area contributed by atoms with E-state index in [-0.39, 0.29) is 29.6 Å². The van der Waals surface area contributed by atoms with Crippen LogP contribution in [0.2, 0.25) is 0 Å². The fraction of sp³-hybridized carbons (Fsp3) is 0.316. The van der Waals surface area contributed by atoms with E-state index in [0.29, 0.717) is 6.42 Å². The number of benzene rings is 2. The summed E-state index contributed by atoms with van der Waals surface area (Å²) in [6.07, 6.45) is 0.724. The molecule has 0 heterocycles. The minimum Gasteiger partial charge on any atom is -0.390 e. The Labute approximate surface area is 134 Å². The van der Waals surface area contributed by atoms with Crippen LogP contribution in [0.15, 0.2) is 48.5 Å². The maximum absolute atomic E-state index is 13.3. The molecule has 0 spiro atoms. The quantitative estimate of drug-likeness (QED) is 0.915. The van der Waals surface area contributed by atoms with Gasteiger partial charge in [0.15, 0.2) is 0 Å². The molecule has 0 aromatic heterocycles. The van der Waals surface area contributed by atoms with E-state index in [0.717, 1.165) is 23.1 Å². The molecular formula is C19H18FNO2. The van der Waals surface area contributed by atoms with Crippen LogP contribution < -0.4 is 5.32 Å². The zero-order valence-electron chi connectivity index (χ0n) is 12.6. The third-order valence-corrected chi connectivity index (χ3v) is 4.91. The summed E-state index contributed by atoms with van der Waals surface area (Å²) in [5.41, 5.74) is 2.96. The number of carbonyl (C=O) groups excluding carboxylic acids is 1. The Bertz CT molecular complexity index is 761. The molecular weight excluding hydrogens is 293 g/mol. The van der Waals surface area contributed by atoms with Gasteiger partial charge in [-0.1, -0.05) is 36.4 Å². The van der Waals surface area contributed by atoms with E-state index in [4.69, 9.17) is 0 Å². The van der Waals surface area contributed by atoms with Gasteiger partial charge in [-0.25, -0.2) is 4.39 Å². The average molecular weight is 311 g/mol. The van der Waals surface area contributed by atoms with Crippen LogP contribution in [0.25, 0.3) is 0 Å². The van der Waals surface area contributed by atoms with Gasteiger partial charge in [-0.15, -0.1) is 0 Å². The highest BCUT2D eigenvalue weighted by Gasteiger charge is 2.45. The lowest BCUT2D eigenvalue weighted by Crippen LogP contribution is -2.35. The van der Waals surface area contributed by atoms with Crippen LogP contribution in [0.3, 0.4) is 0 Å². The van der Waals surface area contributed by atoms with Crippen LogP contribution in [0.4, 0.5) is 4.39 Å². The second-order valence-corrected chi connectivity index (χ2v) is 6.46. The van der Waals surface area contributed by atoms with Gasteiger partial charge < -0.3 is 10.4 Å². The second kappa shape index (κ2) is 5.46. The van der Waals surface area contributed by atoms with E-state index in [1.165, 1.54) is 12.1 Å². The minimum atomic E-state index is -0.581. The van der Waals surface area contributed by atoms with Gasteiger partial charge in [-0.05, 0) is 41.2 Å². The van der Waals surface area contributed by atoms with Crippen molar-refractivity contribution in [2.45, 2.75) is 30.9 Å². The first-order valence-corrected chi connectivity index (χ1v) is 7.95. The lowest BCUT2D eigenvalue weighted by atomic mass is 10.1. The maximum atomic E-state index is 13.3. The SMILES string of the molecule is O=C(N[C@@H]1c2ccccc2C[C@@H]1O)[C@@H]1C[C@@H]1c1cccc(F)c1. The van der Waals surface area contributed by atoms with E-state index < -0.39 is 6.10 Å². The summed E-state index contributed by atoms with van der Waals surface area (Å²) >= 11 is 0. The summed E-state index contributed by atoms with van der Waals surface area (Å²) in [7, 11) is 0. The summed E-state index contributed by atoms with van der Waals surface area (Å²) in [6.45, 7) is 0. The Balaban J connectivity index is 1.46. The number of aliphatic hydroxyl groups excluding tert-OH is 1. The smallest absolute Gasteiger partial charge is 0.224 e. The van der Waals surface area contributed by atoms with E-state index in [9.17, 15) is 14.3 Å². The Morgan fingerprint density at radius 1 is 1.17 bits per heavy atom. The van der Waals surface area contributed by atoms with Gasteiger partial charge in [-0.2, -0.15) is 0 Å². The van der Waals surface area contributed by atoms with E-state index in [1.54, 1.807) is 6.07 Å². The summed E-state index contributed by atoms with van der Waals surface area (Å²) in [4.78, 5) is 12.5. The number of aliphatic hydroxyl groups is 1. The molecule has 2 aromatic carbocycles. The van der Waals surface area contributed by atoms with Crippen LogP contribution in [-0.4, -0.2) is 17.1 Å². The molecule has 0 unspecified atom stereocenters. The number of nitrogens with one attached hydrogen (secondary N) is 1. The molecule has 4 rings (SSSR count). The van der Waals surface area contributed by atoms with Crippen molar-refractivity contribution < 1.29 is 14.3 Å². The highest BCUT2D eigenvalue weighted by Crippen LogP contribution is 2.48. The predicted molar refractivity (Wildman–Crippen MR) is 84.3 cm³/mol. The number of rotatable bonds is 3. The van der Waals surface area contributed by atoms with Crippen molar-refractivity contribution in [1.29, 1.82) is 0 Å². The molecule has 0 aliphatic heterocycles. The van der Waals surface area contributed by atoms with E-state index in [1.807, 2.05) is 30.3 Å². The van der Waals surface area contributed by atoms with Crippen molar-refractivity contribution in [2.75, 3.05) is 0 Å². The molecule has 1 fully saturated rings. The molecule has 0 bridgehead atoms. The van der Waals surface area contributed by atoms with Gasteiger partial charge in [0.05, 0.1) is 12.1 Å². The van der Waals surface area contributed by atoms with Crippen molar-refractivity contribution in [3.05, 3.63) is 71.0 Å². The minimum absolute atomic E-state index is 0.0555. The number of hydrogen-bond acceptors (Lipinski definition) is 2. The van der Waals surface area contributed by atoms with Crippen molar-refractivity contribution in [3.8, 4) is 0 Å². The van der Waals surface area contributed by atoms with Crippen molar-refractivity contribution in [1.82, 2.24) is 5.32 Å². The van der Waals surface area contributed by atoms with Crippen LogP contribution in [0.5, 0.6) is 0 Å². The third kappa shape index (κ3) is 2.63. The lowest BCUT2D eigenvalue weighted by Gasteiger charge is -2.18. The molecule has 118 valence electrons. The largest absolute Gasteiger partial charge is 0.390 e. The molecule has 3 nitrogen and oxygen atoms in total. The van der Waals surface area contributed by atoms with Crippen LogP contribution >= 0.6 is 0 Å². The highest BCUT2D eigenvalue weighted by atomic mass is 19.1. The molecule has 2 aliphatic rings. The van der Waals surface area contributed by atoms with Crippen molar-refractivity contribution in [2.24, 2.45) is 5.92 Å². The molecule has 2 N–H and O–H groups in total. The number of amides is 1. The Morgan fingerprint density at radius 2 is 2.00 bits per heavy atom. The van der Waals surface area contributed by atoms with Gasteiger partial charge in [0.2, 0.25) is 5.91 Å². The summed E-state index contributed by atoms with van der Waals surface area (Å²) in [5.74, 6) is -0.370. The predicted octanol–water partition coefficient (Wildman–Crippen LogP) is 2.70. The average Bonchev–Trinajstić information content (AvgIpc) is 3.28. The number of hydrogen-bond donors (Lipinski definition) is 2. The van der Waals surface area contributed by atoms with Gasteiger partial charge in [0.25, 0.3) is 0 Å². The summed E-state index contributed by atoms with van der Waals surface area (Å²) in [6, 6.07) is 13.9. The standard InChI is InChI=1S/C19H18FNO2/c20-13-6-3-5-11(8-13)15-10-16(15)19(23)21-18-14-7-2-1-4-12(14)9-17(18)22/h1-8,15-18,22H,9-10H2,(H,21,23)/t15-,16-,17+,18-/m1/s1. The maximum Gasteiger partial charge on any atom is 0.224 e. The fourth-order valence-corrected chi connectivity index (χ4v) is 3.60. The first kappa shape index (κ1) is 14.4. The molecule has 23 heavy (non-hydrogen) atoms. The van der Waals surface area contributed by atoms with Crippen molar-refractivity contribution in [3.63, 3.8) is 0 Å². The molecule has 4 atom stereocenters. The monoisotopic (exact) mass is 311 g/mol. The number of carbonyl (C=O) groups is 1. The van der Waals surface area contributed by atoms with Gasteiger partial charge >= 0.3 is 0 Å². The lowest BCUT2D eigenvalue weighted by molar-refractivity contribution is -0.123. The summed E-state index contributed by atoms with van der Waals surface area (Å²) < 4.78 is 13.3. The highest BCUT2D eigenvalue weighted by molar-refractivity contribution is 5.83. The zero-order valence-corrected chi connectivity index (χ0v) is 12.6. The number of halogens is 1. The van der Waals surface area contributed by atoms with E-state index >= 15 is 0 Å². The molecule has 0 radical (unpaired) electrons. The topological polar surface area (TPSA) is 49.3 Å². The first-order chi connectivity index (χ1) is 11.1. The van der Waals surface area contributed by atoms with Crippen LogP contribution in [0, 0.1) is 11.7 Å². The molecule has 2 aliphatic carbocycles. The summed E-state index contributed by atoms with van der Waals surface area (Å²) in [5, 5.41) is 13.2. The van der Waals surface area contributed by atoms with Gasteiger partial charge in [-0.3, -0.25) is 4.79 Å². The molecule has 2 aromatic rings. The fourth-order valence-electron chi connectivity index (χ4n) is 3.60. The van der Waals surface area contributed by atoms with Crippen LogP contribution in [-0.2, 0) is 11.2 Å². The Hall–Kier alpha value is -2.20. The van der Waals surface area contributed by atoms with E-state index in [2.05, 4.69) is 5.32 Å². The first-order valence-electron chi connectivity index (χ1n) is 7.95. The zero-order chi connectivity index (χ0) is 16.0. The normalized spacial score (nSPS) is 28.3.